The van der Waals surface area contributed by atoms with Crippen LogP contribution in [-0.2, 0) is 16.2 Å². The van der Waals surface area contributed by atoms with Gasteiger partial charge in [0.25, 0.3) is 0 Å². The molecule has 1 fully saturated rings. The van der Waals surface area contributed by atoms with Crippen molar-refractivity contribution in [3.63, 3.8) is 0 Å². The molecule has 132 valence electrons. The molecule has 0 amide bonds. The molecule has 1 aliphatic rings. The van der Waals surface area contributed by atoms with E-state index >= 15 is 0 Å². The van der Waals surface area contributed by atoms with Gasteiger partial charge in [-0.15, -0.1) is 12.4 Å². The number of hydrogen-bond donors (Lipinski definition) is 1. The van der Waals surface area contributed by atoms with Crippen LogP contribution in [0, 0.1) is 11.7 Å². The molecule has 0 aromatic heterocycles. The third kappa shape index (κ3) is 4.34. The SMILES string of the molecule is CNCC1CCN(S(=O)(=O)c2ccc(F)c(C(F)(F)F)c2)C1.Cl. The lowest BCUT2D eigenvalue weighted by Crippen LogP contribution is -2.30. The molecule has 1 saturated heterocycles. The summed E-state index contributed by atoms with van der Waals surface area (Å²) in [5, 5.41) is 2.94. The molecule has 10 heteroatoms. The van der Waals surface area contributed by atoms with Gasteiger partial charge in [0.2, 0.25) is 10.0 Å². The van der Waals surface area contributed by atoms with E-state index in [0.717, 1.165) is 10.4 Å². The normalized spacial score (nSPS) is 19.6. The first kappa shape index (κ1) is 20.1. The lowest BCUT2D eigenvalue weighted by Gasteiger charge is -2.18. The number of hydrogen-bond acceptors (Lipinski definition) is 3. The second-order valence-corrected chi connectivity index (χ2v) is 7.15. The van der Waals surface area contributed by atoms with Gasteiger partial charge in [-0.1, -0.05) is 0 Å². The van der Waals surface area contributed by atoms with Crippen molar-refractivity contribution in [2.45, 2.75) is 17.5 Å². The van der Waals surface area contributed by atoms with Gasteiger partial charge in [0.05, 0.1) is 10.5 Å². The average molecular weight is 377 g/mol. The second kappa shape index (κ2) is 7.33. The van der Waals surface area contributed by atoms with Crippen molar-refractivity contribution in [2.75, 3.05) is 26.7 Å². The third-order valence-electron chi connectivity index (χ3n) is 3.62. The fourth-order valence-corrected chi connectivity index (χ4v) is 4.06. The van der Waals surface area contributed by atoms with Crippen LogP contribution in [0.3, 0.4) is 0 Å². The smallest absolute Gasteiger partial charge is 0.319 e. The predicted octanol–water partition coefficient (Wildman–Crippen LogP) is 2.50. The Morgan fingerprint density at radius 1 is 1.35 bits per heavy atom. The van der Waals surface area contributed by atoms with Crippen molar-refractivity contribution in [1.29, 1.82) is 0 Å². The van der Waals surface area contributed by atoms with Gasteiger partial charge in [-0.05, 0) is 44.1 Å². The van der Waals surface area contributed by atoms with Crippen LogP contribution >= 0.6 is 12.4 Å². The number of nitrogens with one attached hydrogen (secondary N) is 1. The maximum atomic E-state index is 13.3. The number of alkyl halides is 3. The lowest BCUT2D eigenvalue weighted by molar-refractivity contribution is -0.140. The van der Waals surface area contributed by atoms with Gasteiger partial charge in [-0.25, -0.2) is 12.8 Å². The zero-order valence-electron chi connectivity index (χ0n) is 12.2. The summed E-state index contributed by atoms with van der Waals surface area (Å²) in [7, 11) is -2.31. The summed E-state index contributed by atoms with van der Waals surface area (Å²) in [5.41, 5.74) is -1.57. The van der Waals surface area contributed by atoms with Crippen LogP contribution in [0.25, 0.3) is 0 Å². The van der Waals surface area contributed by atoms with Crippen molar-refractivity contribution >= 4 is 22.4 Å². The van der Waals surface area contributed by atoms with E-state index in [-0.39, 0.29) is 31.4 Å². The number of sulfonamides is 1. The molecule has 1 aromatic carbocycles. The Labute approximate surface area is 138 Å². The summed E-state index contributed by atoms with van der Waals surface area (Å²) in [4.78, 5) is -0.536. The summed E-state index contributed by atoms with van der Waals surface area (Å²) in [6.07, 6.45) is -4.30. The molecule has 1 aliphatic heterocycles. The van der Waals surface area contributed by atoms with Crippen LogP contribution in [-0.4, -0.2) is 39.4 Å². The fraction of sp³-hybridized carbons (Fsp3) is 0.538. The topological polar surface area (TPSA) is 49.4 Å². The van der Waals surface area contributed by atoms with E-state index in [0.29, 0.717) is 25.1 Å². The highest BCUT2D eigenvalue weighted by molar-refractivity contribution is 7.89. The molecule has 0 bridgehead atoms. The summed E-state index contributed by atoms with van der Waals surface area (Å²) < 4.78 is 77.3. The lowest BCUT2D eigenvalue weighted by atomic mass is 10.1. The Kier molecular flexibility index (Phi) is 6.42. The van der Waals surface area contributed by atoms with E-state index in [2.05, 4.69) is 5.32 Å². The van der Waals surface area contributed by atoms with Gasteiger partial charge in [-0.2, -0.15) is 17.5 Å². The Morgan fingerprint density at radius 2 is 2.00 bits per heavy atom. The van der Waals surface area contributed by atoms with Crippen molar-refractivity contribution in [1.82, 2.24) is 9.62 Å². The Bertz CT molecular complexity index is 652. The molecule has 1 heterocycles. The zero-order chi connectivity index (χ0) is 16.5. The maximum Gasteiger partial charge on any atom is 0.419 e. The van der Waals surface area contributed by atoms with Gasteiger partial charge in [0.15, 0.2) is 0 Å². The van der Waals surface area contributed by atoms with Gasteiger partial charge in [0, 0.05) is 13.1 Å². The fourth-order valence-electron chi connectivity index (χ4n) is 2.50. The molecule has 0 spiro atoms. The number of benzene rings is 1. The molecule has 0 radical (unpaired) electrons. The van der Waals surface area contributed by atoms with Crippen LogP contribution in [0.4, 0.5) is 17.6 Å². The minimum Gasteiger partial charge on any atom is -0.319 e. The highest BCUT2D eigenvalue weighted by atomic mass is 35.5. The molecule has 2 rings (SSSR count). The average Bonchev–Trinajstić information content (AvgIpc) is 2.87. The summed E-state index contributed by atoms with van der Waals surface area (Å²) in [5.74, 6) is -1.37. The number of nitrogens with zero attached hydrogens (tertiary/aromatic N) is 1. The second-order valence-electron chi connectivity index (χ2n) is 5.21. The first-order valence-corrected chi connectivity index (χ1v) is 8.11. The molecule has 1 N–H and O–H groups in total. The minimum absolute atomic E-state index is 0. The maximum absolute atomic E-state index is 13.3. The molecule has 4 nitrogen and oxygen atoms in total. The number of rotatable bonds is 4. The highest BCUT2D eigenvalue weighted by Gasteiger charge is 2.37. The summed E-state index contributed by atoms with van der Waals surface area (Å²) in [6.45, 7) is 1.11. The Hall–Kier alpha value is -0.900. The van der Waals surface area contributed by atoms with E-state index in [4.69, 9.17) is 0 Å². The van der Waals surface area contributed by atoms with Gasteiger partial charge in [-0.3, -0.25) is 0 Å². The molecule has 1 atom stereocenters. The first-order valence-electron chi connectivity index (χ1n) is 6.67. The van der Waals surface area contributed by atoms with Gasteiger partial charge in [0.1, 0.15) is 5.82 Å². The van der Waals surface area contributed by atoms with Crippen molar-refractivity contribution < 1.29 is 26.0 Å². The van der Waals surface area contributed by atoms with E-state index < -0.39 is 32.5 Å². The predicted molar refractivity (Wildman–Crippen MR) is 79.4 cm³/mol. The van der Waals surface area contributed by atoms with Crippen LogP contribution < -0.4 is 5.32 Å². The van der Waals surface area contributed by atoms with E-state index in [1.54, 1.807) is 7.05 Å². The minimum atomic E-state index is -4.94. The first-order chi connectivity index (χ1) is 10.2. The molecular formula is C13H17ClF4N2O2S. The van der Waals surface area contributed by atoms with Crippen LogP contribution in [0.15, 0.2) is 23.1 Å². The quantitative estimate of drug-likeness (QED) is 0.821. The van der Waals surface area contributed by atoms with E-state index in [1.807, 2.05) is 0 Å². The van der Waals surface area contributed by atoms with Gasteiger partial charge < -0.3 is 5.32 Å². The van der Waals surface area contributed by atoms with Gasteiger partial charge >= 0.3 is 6.18 Å². The van der Waals surface area contributed by atoms with Crippen molar-refractivity contribution in [3.8, 4) is 0 Å². The molecule has 23 heavy (non-hydrogen) atoms. The summed E-state index contributed by atoms with van der Waals surface area (Å²) in [6, 6.07) is 1.76. The monoisotopic (exact) mass is 376 g/mol. The molecule has 1 unspecified atom stereocenters. The largest absolute Gasteiger partial charge is 0.419 e. The summed E-state index contributed by atoms with van der Waals surface area (Å²) >= 11 is 0. The van der Waals surface area contributed by atoms with Crippen LogP contribution in [0.1, 0.15) is 12.0 Å². The molecule has 0 saturated carbocycles. The zero-order valence-corrected chi connectivity index (χ0v) is 13.9. The van der Waals surface area contributed by atoms with Crippen molar-refractivity contribution in [2.24, 2.45) is 5.92 Å². The Balaban J connectivity index is 0.00000264. The molecule has 0 aliphatic carbocycles. The number of halogens is 5. The highest BCUT2D eigenvalue weighted by Crippen LogP contribution is 2.34. The standard InChI is InChI=1S/C13H16F4N2O2S.ClH/c1-18-7-9-4-5-19(8-9)22(20,21)10-2-3-12(14)11(6-10)13(15,16)17;/h2-3,6,9,18H,4-5,7-8H2,1H3;1H. The van der Waals surface area contributed by atoms with Crippen LogP contribution in [0.2, 0.25) is 0 Å². The van der Waals surface area contributed by atoms with Crippen LogP contribution in [0.5, 0.6) is 0 Å². The van der Waals surface area contributed by atoms with E-state index in [9.17, 15) is 26.0 Å². The Morgan fingerprint density at radius 3 is 2.57 bits per heavy atom. The third-order valence-corrected chi connectivity index (χ3v) is 5.48. The molecule has 1 aromatic rings. The van der Waals surface area contributed by atoms with Crippen molar-refractivity contribution in [3.05, 3.63) is 29.6 Å². The van der Waals surface area contributed by atoms with E-state index in [1.165, 1.54) is 0 Å². The molecular weight excluding hydrogens is 360 g/mol.